The predicted molar refractivity (Wildman–Crippen MR) is 84.6 cm³/mol. The van der Waals surface area contributed by atoms with E-state index in [4.69, 9.17) is 16.3 Å². The summed E-state index contributed by atoms with van der Waals surface area (Å²) in [5.41, 5.74) is 2.46. The molecule has 2 heterocycles. The van der Waals surface area contributed by atoms with Crippen LogP contribution in [0.5, 0.6) is 5.75 Å². The molecular weight excluding hydrogens is 308 g/mol. The summed E-state index contributed by atoms with van der Waals surface area (Å²) in [6.07, 6.45) is 0. The van der Waals surface area contributed by atoms with Gasteiger partial charge in [0.25, 0.3) is 5.56 Å². The van der Waals surface area contributed by atoms with E-state index in [0.29, 0.717) is 21.4 Å². The maximum Gasteiger partial charge on any atom is 0.259 e. The molecule has 0 bridgehead atoms. The van der Waals surface area contributed by atoms with Crippen LogP contribution in [-0.4, -0.2) is 9.38 Å². The summed E-state index contributed by atoms with van der Waals surface area (Å²) in [5.74, 6) is 0.598. The zero-order chi connectivity index (χ0) is 15.0. The van der Waals surface area contributed by atoms with Gasteiger partial charge in [-0.2, -0.15) is 0 Å². The molecule has 0 atom stereocenters. The van der Waals surface area contributed by atoms with E-state index in [0.717, 1.165) is 11.3 Å². The second kappa shape index (κ2) is 5.50. The number of thiazole rings is 1. The van der Waals surface area contributed by atoms with Crippen LogP contribution >= 0.6 is 22.9 Å². The van der Waals surface area contributed by atoms with Crippen molar-refractivity contribution >= 4 is 27.9 Å². The van der Waals surface area contributed by atoms with Gasteiger partial charge >= 0.3 is 0 Å². The fourth-order valence-electron chi connectivity index (χ4n) is 2.05. The lowest BCUT2D eigenvalue weighted by atomic mass is 10.2. The highest BCUT2D eigenvalue weighted by molar-refractivity contribution is 7.15. The number of fused-ring (bicyclic) bond motifs is 1. The molecule has 0 fully saturated rings. The molecule has 4 nitrogen and oxygen atoms in total. The Morgan fingerprint density at radius 1 is 1.33 bits per heavy atom. The molecule has 0 aliphatic rings. The molecule has 0 radical (unpaired) electrons. The Kier molecular flexibility index (Phi) is 3.69. The quantitative estimate of drug-likeness (QED) is 0.740. The average Bonchev–Trinajstić information content (AvgIpc) is 2.82. The van der Waals surface area contributed by atoms with Crippen LogP contribution in [0.1, 0.15) is 17.0 Å². The number of nitrogens with zero attached hydrogens (tertiary/aromatic N) is 2. The summed E-state index contributed by atoms with van der Waals surface area (Å²) < 4.78 is 7.27. The zero-order valence-electron chi connectivity index (χ0n) is 11.6. The number of hydrogen-bond donors (Lipinski definition) is 0. The highest BCUT2D eigenvalue weighted by atomic mass is 35.5. The van der Waals surface area contributed by atoms with Crippen LogP contribution in [0.4, 0.5) is 0 Å². The molecule has 0 N–H and O–H groups in total. The summed E-state index contributed by atoms with van der Waals surface area (Å²) in [4.78, 5) is 17.2. The van der Waals surface area contributed by atoms with E-state index in [9.17, 15) is 4.79 Å². The van der Waals surface area contributed by atoms with Crippen molar-refractivity contribution in [1.29, 1.82) is 0 Å². The van der Waals surface area contributed by atoms with Gasteiger partial charge in [0.1, 0.15) is 12.4 Å². The number of ether oxygens (including phenoxy) is 1. The van der Waals surface area contributed by atoms with E-state index in [2.05, 4.69) is 4.98 Å². The van der Waals surface area contributed by atoms with Gasteiger partial charge in [-0.3, -0.25) is 9.20 Å². The minimum atomic E-state index is -0.0901. The van der Waals surface area contributed by atoms with Gasteiger partial charge in [-0.25, -0.2) is 4.98 Å². The van der Waals surface area contributed by atoms with Crippen LogP contribution in [-0.2, 0) is 6.61 Å². The van der Waals surface area contributed by atoms with Gasteiger partial charge in [0.15, 0.2) is 4.96 Å². The Bertz CT molecular complexity index is 870. The van der Waals surface area contributed by atoms with Crippen molar-refractivity contribution in [3.8, 4) is 5.75 Å². The van der Waals surface area contributed by atoms with Crippen molar-refractivity contribution in [2.75, 3.05) is 0 Å². The first kappa shape index (κ1) is 14.1. The molecule has 1 aromatic carbocycles. The van der Waals surface area contributed by atoms with E-state index in [1.165, 1.54) is 17.4 Å². The van der Waals surface area contributed by atoms with Crippen LogP contribution in [0, 0.1) is 13.8 Å². The molecule has 3 rings (SSSR count). The van der Waals surface area contributed by atoms with Crippen molar-refractivity contribution in [1.82, 2.24) is 9.38 Å². The maximum absolute atomic E-state index is 12.1. The van der Waals surface area contributed by atoms with Gasteiger partial charge in [0, 0.05) is 17.1 Å². The number of benzene rings is 1. The fraction of sp³-hybridized carbons (Fsp3) is 0.200. The molecular formula is C15H13ClN2O2S. The van der Waals surface area contributed by atoms with Crippen molar-refractivity contribution in [2.24, 2.45) is 0 Å². The van der Waals surface area contributed by atoms with Crippen LogP contribution in [0.15, 0.2) is 34.4 Å². The van der Waals surface area contributed by atoms with E-state index in [1.54, 1.807) is 10.5 Å². The molecule has 0 unspecified atom stereocenters. The average molecular weight is 321 g/mol. The second-order valence-electron chi connectivity index (χ2n) is 4.80. The largest absolute Gasteiger partial charge is 0.486 e. The minimum absolute atomic E-state index is 0.0901. The molecule has 3 aromatic rings. The van der Waals surface area contributed by atoms with E-state index < -0.39 is 0 Å². The Balaban J connectivity index is 1.88. The number of aryl methyl sites for hydroxylation is 2. The normalized spacial score (nSPS) is 11.0. The molecule has 2 aromatic heterocycles. The standard InChI is InChI=1S/C15H13ClN2O2S/c1-9-3-4-12(16)13(5-9)20-7-11-6-14(19)18-10(2)8-21-15(18)17-11/h3-6,8H,7H2,1-2H3. The highest BCUT2D eigenvalue weighted by Crippen LogP contribution is 2.26. The Morgan fingerprint density at radius 3 is 2.95 bits per heavy atom. The molecule has 0 aliphatic carbocycles. The monoisotopic (exact) mass is 320 g/mol. The van der Waals surface area contributed by atoms with Gasteiger partial charge in [0.2, 0.25) is 0 Å². The van der Waals surface area contributed by atoms with Crippen LogP contribution < -0.4 is 10.3 Å². The summed E-state index contributed by atoms with van der Waals surface area (Å²) >= 11 is 7.52. The first-order chi connectivity index (χ1) is 10.0. The van der Waals surface area contributed by atoms with E-state index >= 15 is 0 Å². The number of hydrogen-bond acceptors (Lipinski definition) is 4. The molecule has 0 saturated heterocycles. The second-order valence-corrected chi connectivity index (χ2v) is 6.05. The lowest BCUT2D eigenvalue weighted by Crippen LogP contribution is -2.16. The Morgan fingerprint density at radius 2 is 2.14 bits per heavy atom. The van der Waals surface area contributed by atoms with Crippen molar-refractivity contribution in [3.05, 3.63) is 62.0 Å². The third-order valence-corrected chi connectivity index (χ3v) is 4.35. The third-order valence-electron chi connectivity index (χ3n) is 3.09. The SMILES string of the molecule is Cc1ccc(Cl)c(OCc2cc(=O)n3c(C)csc3n2)c1. The summed E-state index contributed by atoms with van der Waals surface area (Å²) in [7, 11) is 0. The lowest BCUT2D eigenvalue weighted by molar-refractivity contribution is 0.301. The summed E-state index contributed by atoms with van der Waals surface area (Å²) in [5, 5.41) is 2.46. The topological polar surface area (TPSA) is 43.6 Å². The smallest absolute Gasteiger partial charge is 0.259 e. The molecule has 0 saturated carbocycles. The highest BCUT2D eigenvalue weighted by Gasteiger charge is 2.08. The summed E-state index contributed by atoms with van der Waals surface area (Å²) in [6, 6.07) is 7.07. The van der Waals surface area contributed by atoms with Crippen LogP contribution in [0.3, 0.4) is 0 Å². The van der Waals surface area contributed by atoms with Gasteiger partial charge in [0.05, 0.1) is 10.7 Å². The van der Waals surface area contributed by atoms with Gasteiger partial charge in [-0.1, -0.05) is 17.7 Å². The molecule has 0 spiro atoms. The first-order valence-corrected chi connectivity index (χ1v) is 7.66. The van der Waals surface area contributed by atoms with Gasteiger partial charge in [-0.05, 0) is 31.5 Å². The molecule has 0 aliphatic heterocycles. The molecule has 108 valence electrons. The molecule has 21 heavy (non-hydrogen) atoms. The van der Waals surface area contributed by atoms with E-state index in [1.807, 2.05) is 31.4 Å². The molecule has 6 heteroatoms. The number of halogens is 1. The summed E-state index contributed by atoms with van der Waals surface area (Å²) in [6.45, 7) is 4.06. The number of rotatable bonds is 3. The lowest BCUT2D eigenvalue weighted by Gasteiger charge is -2.08. The van der Waals surface area contributed by atoms with Crippen molar-refractivity contribution in [2.45, 2.75) is 20.5 Å². The Hall–Kier alpha value is -1.85. The Labute approximate surface area is 130 Å². The minimum Gasteiger partial charge on any atom is -0.486 e. The maximum atomic E-state index is 12.1. The molecule has 0 amide bonds. The predicted octanol–water partition coefficient (Wildman–Crippen LogP) is 3.61. The van der Waals surface area contributed by atoms with Crippen LogP contribution in [0.2, 0.25) is 5.02 Å². The van der Waals surface area contributed by atoms with E-state index in [-0.39, 0.29) is 12.2 Å². The van der Waals surface area contributed by atoms with Crippen molar-refractivity contribution in [3.63, 3.8) is 0 Å². The third kappa shape index (κ3) is 2.80. The van der Waals surface area contributed by atoms with Crippen LogP contribution in [0.25, 0.3) is 4.96 Å². The van der Waals surface area contributed by atoms with Crippen molar-refractivity contribution < 1.29 is 4.74 Å². The zero-order valence-corrected chi connectivity index (χ0v) is 13.2. The number of aromatic nitrogens is 2. The van der Waals surface area contributed by atoms with Gasteiger partial charge < -0.3 is 4.74 Å². The fourth-order valence-corrected chi connectivity index (χ4v) is 3.11. The van der Waals surface area contributed by atoms with Gasteiger partial charge in [-0.15, -0.1) is 11.3 Å². The first-order valence-electron chi connectivity index (χ1n) is 6.40.